The first-order chi connectivity index (χ1) is 12.2. The minimum atomic E-state index is -0.395. The van der Waals surface area contributed by atoms with E-state index in [2.05, 4.69) is 31.2 Å². The number of benzene rings is 3. The van der Waals surface area contributed by atoms with Crippen LogP contribution in [0, 0.1) is 12.7 Å². The van der Waals surface area contributed by atoms with E-state index in [4.69, 9.17) is 9.73 Å². The highest BCUT2D eigenvalue weighted by atomic mass is 19.1. The van der Waals surface area contributed by atoms with Crippen molar-refractivity contribution < 1.29 is 9.13 Å². The van der Waals surface area contributed by atoms with E-state index in [0.717, 1.165) is 33.7 Å². The van der Waals surface area contributed by atoms with Gasteiger partial charge in [-0.3, -0.25) is 4.99 Å². The maximum Gasteiger partial charge on any atom is 0.166 e. The monoisotopic (exact) mass is 329 g/mol. The SMILES string of the molecule is Cc1ccc(C2=NC3c4ccccc4OC2c2cc(F)ccc23)cc1. The lowest BCUT2D eigenvalue weighted by Crippen LogP contribution is -2.24. The van der Waals surface area contributed by atoms with Crippen LogP contribution >= 0.6 is 0 Å². The van der Waals surface area contributed by atoms with Crippen LogP contribution in [0.3, 0.4) is 0 Å². The first kappa shape index (κ1) is 14.4. The second-order valence-corrected chi connectivity index (χ2v) is 6.59. The number of aliphatic imine (C=N–C) groups is 1. The highest BCUT2D eigenvalue weighted by Crippen LogP contribution is 2.47. The van der Waals surface area contributed by atoms with E-state index in [-0.39, 0.29) is 11.9 Å². The van der Waals surface area contributed by atoms with Crippen molar-refractivity contribution in [2.45, 2.75) is 19.1 Å². The Hall–Kier alpha value is -2.94. The Morgan fingerprint density at radius 3 is 2.52 bits per heavy atom. The predicted molar refractivity (Wildman–Crippen MR) is 95.8 cm³/mol. The second kappa shape index (κ2) is 5.28. The zero-order valence-electron chi connectivity index (χ0n) is 13.7. The van der Waals surface area contributed by atoms with Crippen LogP contribution in [-0.4, -0.2) is 5.71 Å². The molecule has 3 aliphatic rings. The standard InChI is InChI=1S/C22H16FNO/c1-13-6-8-14(9-7-13)20-22-18-12-15(23)10-11-16(18)21(24-20)17-4-2-3-5-19(17)25-22/h2-12,21-22H,1H3. The molecule has 3 heterocycles. The van der Waals surface area contributed by atoms with Crippen molar-refractivity contribution in [1.29, 1.82) is 0 Å². The lowest BCUT2D eigenvalue weighted by atomic mass is 9.87. The molecule has 3 aromatic carbocycles. The van der Waals surface area contributed by atoms with Gasteiger partial charge in [-0.05, 0) is 36.2 Å². The summed E-state index contributed by atoms with van der Waals surface area (Å²) in [5, 5.41) is 0. The van der Waals surface area contributed by atoms with Crippen LogP contribution in [0.5, 0.6) is 5.75 Å². The molecule has 2 atom stereocenters. The molecule has 0 saturated carbocycles. The fourth-order valence-corrected chi connectivity index (χ4v) is 3.69. The Morgan fingerprint density at radius 2 is 1.68 bits per heavy atom. The Morgan fingerprint density at radius 1 is 0.880 bits per heavy atom. The molecular weight excluding hydrogens is 313 g/mol. The Bertz CT molecular complexity index is 1010. The van der Waals surface area contributed by atoms with Gasteiger partial charge in [0.25, 0.3) is 0 Å². The van der Waals surface area contributed by atoms with Gasteiger partial charge in [-0.25, -0.2) is 4.39 Å². The Balaban J connectivity index is 1.76. The van der Waals surface area contributed by atoms with E-state index >= 15 is 0 Å². The summed E-state index contributed by atoms with van der Waals surface area (Å²) in [5.41, 5.74) is 5.99. The van der Waals surface area contributed by atoms with Crippen molar-refractivity contribution in [2.75, 3.05) is 0 Å². The average molecular weight is 329 g/mol. The minimum absolute atomic E-state index is 0.165. The van der Waals surface area contributed by atoms with Crippen LogP contribution in [-0.2, 0) is 0 Å². The Labute approximate surface area is 145 Å². The van der Waals surface area contributed by atoms with Gasteiger partial charge in [-0.1, -0.05) is 54.1 Å². The molecule has 0 aromatic heterocycles. The number of para-hydroxylation sites is 1. The molecule has 0 aliphatic carbocycles. The number of nitrogens with zero attached hydrogens (tertiary/aromatic N) is 1. The summed E-state index contributed by atoms with van der Waals surface area (Å²) in [6.45, 7) is 2.06. The highest BCUT2D eigenvalue weighted by Gasteiger charge is 2.38. The van der Waals surface area contributed by atoms with E-state index in [1.807, 2.05) is 30.3 Å². The molecule has 0 N–H and O–H groups in total. The number of ether oxygens (including phenoxy) is 1. The molecular formula is C22H16FNO. The molecule has 2 bridgehead atoms. The minimum Gasteiger partial charge on any atom is -0.479 e. The number of halogens is 1. The summed E-state index contributed by atoms with van der Waals surface area (Å²) in [7, 11) is 0. The molecule has 0 fully saturated rings. The van der Waals surface area contributed by atoms with Crippen molar-refractivity contribution in [3.8, 4) is 5.75 Å². The van der Waals surface area contributed by atoms with Crippen molar-refractivity contribution >= 4 is 5.71 Å². The molecule has 0 spiro atoms. The molecule has 3 aliphatic heterocycles. The van der Waals surface area contributed by atoms with Crippen molar-refractivity contribution in [3.05, 3.63) is 100 Å². The van der Waals surface area contributed by atoms with E-state index in [1.165, 1.54) is 11.6 Å². The van der Waals surface area contributed by atoms with Gasteiger partial charge in [-0.2, -0.15) is 0 Å². The highest BCUT2D eigenvalue weighted by molar-refractivity contribution is 6.06. The maximum atomic E-state index is 14.0. The van der Waals surface area contributed by atoms with E-state index in [1.54, 1.807) is 6.07 Å². The molecule has 0 radical (unpaired) electrons. The summed E-state index contributed by atoms with van der Waals surface area (Å²) < 4.78 is 20.3. The molecule has 3 heteroatoms. The van der Waals surface area contributed by atoms with Gasteiger partial charge in [0.1, 0.15) is 17.6 Å². The van der Waals surface area contributed by atoms with E-state index < -0.39 is 6.10 Å². The largest absolute Gasteiger partial charge is 0.479 e. The number of hydrogen-bond donors (Lipinski definition) is 0. The van der Waals surface area contributed by atoms with Gasteiger partial charge in [0.05, 0.1) is 5.71 Å². The summed E-state index contributed by atoms with van der Waals surface area (Å²) in [6.07, 6.45) is -0.395. The lowest BCUT2D eigenvalue weighted by Gasteiger charge is -2.26. The quantitative estimate of drug-likeness (QED) is 0.604. The molecule has 0 amide bonds. The lowest BCUT2D eigenvalue weighted by molar-refractivity contribution is 0.275. The van der Waals surface area contributed by atoms with Crippen LogP contribution < -0.4 is 4.74 Å². The van der Waals surface area contributed by atoms with Gasteiger partial charge >= 0.3 is 0 Å². The van der Waals surface area contributed by atoms with Gasteiger partial charge in [-0.15, -0.1) is 0 Å². The average Bonchev–Trinajstić information content (AvgIpc) is 2.87. The van der Waals surface area contributed by atoms with E-state index in [9.17, 15) is 4.39 Å². The van der Waals surface area contributed by atoms with Crippen LogP contribution in [0.4, 0.5) is 4.39 Å². The molecule has 122 valence electrons. The first-order valence-corrected chi connectivity index (χ1v) is 8.40. The third-order valence-corrected chi connectivity index (χ3v) is 4.95. The normalized spacial score (nSPS) is 20.2. The third-order valence-electron chi connectivity index (χ3n) is 4.95. The molecule has 25 heavy (non-hydrogen) atoms. The van der Waals surface area contributed by atoms with Gasteiger partial charge < -0.3 is 4.74 Å². The molecule has 2 unspecified atom stereocenters. The van der Waals surface area contributed by atoms with Crippen LogP contribution in [0.2, 0.25) is 0 Å². The summed E-state index contributed by atoms with van der Waals surface area (Å²) in [6, 6.07) is 21.0. The van der Waals surface area contributed by atoms with Gasteiger partial charge in [0.2, 0.25) is 0 Å². The zero-order valence-corrected chi connectivity index (χ0v) is 13.7. The number of rotatable bonds is 1. The fraction of sp³-hybridized carbons (Fsp3) is 0.136. The zero-order chi connectivity index (χ0) is 17.0. The van der Waals surface area contributed by atoms with Gasteiger partial charge in [0.15, 0.2) is 6.10 Å². The van der Waals surface area contributed by atoms with Crippen LogP contribution in [0.1, 0.15) is 40.0 Å². The number of hydrogen-bond acceptors (Lipinski definition) is 2. The molecule has 2 nitrogen and oxygen atoms in total. The molecule has 6 rings (SSSR count). The summed E-state index contributed by atoms with van der Waals surface area (Å²) in [5.74, 6) is 0.571. The summed E-state index contributed by atoms with van der Waals surface area (Å²) in [4.78, 5) is 5.03. The second-order valence-electron chi connectivity index (χ2n) is 6.59. The fourth-order valence-electron chi connectivity index (χ4n) is 3.69. The van der Waals surface area contributed by atoms with Crippen molar-refractivity contribution in [1.82, 2.24) is 0 Å². The molecule has 0 saturated heterocycles. The third kappa shape index (κ3) is 2.19. The molecule has 3 aromatic rings. The Kier molecular flexibility index (Phi) is 3.04. The van der Waals surface area contributed by atoms with Crippen LogP contribution in [0.15, 0.2) is 71.7 Å². The van der Waals surface area contributed by atoms with E-state index in [0.29, 0.717) is 0 Å². The van der Waals surface area contributed by atoms with Crippen LogP contribution in [0.25, 0.3) is 0 Å². The first-order valence-electron chi connectivity index (χ1n) is 8.40. The summed E-state index contributed by atoms with van der Waals surface area (Å²) >= 11 is 0. The number of aryl methyl sites for hydroxylation is 1. The van der Waals surface area contributed by atoms with Crippen molar-refractivity contribution in [3.63, 3.8) is 0 Å². The van der Waals surface area contributed by atoms with Crippen molar-refractivity contribution in [2.24, 2.45) is 4.99 Å². The van der Waals surface area contributed by atoms with Gasteiger partial charge in [0, 0.05) is 11.1 Å². The topological polar surface area (TPSA) is 21.6 Å². The predicted octanol–water partition coefficient (Wildman–Crippen LogP) is 5.16. The maximum absolute atomic E-state index is 14.0. The smallest absolute Gasteiger partial charge is 0.166 e.